The van der Waals surface area contributed by atoms with Gasteiger partial charge in [0.1, 0.15) is 0 Å². The molecule has 1 aliphatic rings. The fourth-order valence-electron chi connectivity index (χ4n) is 2.67. The SMILES string of the molecule is Cc1cnc(COC2CCC(C)(C)CC2)c(C)c1N. The Morgan fingerprint density at radius 1 is 1.32 bits per heavy atom. The molecule has 1 aromatic rings. The van der Waals surface area contributed by atoms with Crippen LogP contribution in [-0.4, -0.2) is 11.1 Å². The van der Waals surface area contributed by atoms with E-state index in [1.54, 1.807) is 0 Å². The van der Waals surface area contributed by atoms with Crippen LogP contribution < -0.4 is 5.73 Å². The van der Waals surface area contributed by atoms with Gasteiger partial charge in [-0.3, -0.25) is 4.98 Å². The van der Waals surface area contributed by atoms with Gasteiger partial charge in [-0.25, -0.2) is 0 Å². The highest BCUT2D eigenvalue weighted by atomic mass is 16.5. The summed E-state index contributed by atoms with van der Waals surface area (Å²) in [6, 6.07) is 0. The Morgan fingerprint density at radius 2 is 1.95 bits per heavy atom. The first-order chi connectivity index (χ1) is 8.89. The molecule has 1 aromatic heterocycles. The molecular weight excluding hydrogens is 236 g/mol. The number of hydrogen-bond donors (Lipinski definition) is 1. The van der Waals surface area contributed by atoms with E-state index in [1.165, 1.54) is 12.8 Å². The average Bonchev–Trinajstić information content (AvgIpc) is 2.37. The highest BCUT2D eigenvalue weighted by molar-refractivity contribution is 5.53. The standard InChI is InChI=1S/C16H26N2O/c1-11-9-18-14(12(2)15(11)17)10-19-13-5-7-16(3,4)8-6-13/h9,13H,5-8,10H2,1-4H3,(H2,17,18). The number of hydrogen-bond acceptors (Lipinski definition) is 3. The first-order valence-corrected chi connectivity index (χ1v) is 7.21. The molecule has 2 rings (SSSR count). The van der Waals surface area contributed by atoms with Crippen molar-refractivity contribution in [3.63, 3.8) is 0 Å². The second-order valence-corrected chi connectivity index (χ2v) is 6.60. The minimum absolute atomic E-state index is 0.386. The molecule has 1 saturated carbocycles. The van der Waals surface area contributed by atoms with E-state index in [9.17, 15) is 0 Å². The maximum atomic E-state index is 6.03. The van der Waals surface area contributed by atoms with Gasteiger partial charge in [0.05, 0.1) is 18.4 Å². The van der Waals surface area contributed by atoms with Crippen molar-refractivity contribution in [3.8, 4) is 0 Å². The number of anilines is 1. The van der Waals surface area contributed by atoms with Crippen LogP contribution in [0.25, 0.3) is 0 Å². The lowest BCUT2D eigenvalue weighted by molar-refractivity contribution is -0.00705. The summed E-state index contributed by atoms with van der Waals surface area (Å²) >= 11 is 0. The van der Waals surface area contributed by atoms with Gasteiger partial charge >= 0.3 is 0 Å². The van der Waals surface area contributed by atoms with Crippen molar-refractivity contribution in [2.75, 3.05) is 5.73 Å². The van der Waals surface area contributed by atoms with E-state index in [4.69, 9.17) is 10.5 Å². The van der Waals surface area contributed by atoms with E-state index in [-0.39, 0.29) is 0 Å². The predicted molar refractivity (Wildman–Crippen MR) is 78.9 cm³/mol. The van der Waals surface area contributed by atoms with Crippen molar-refractivity contribution in [2.45, 2.75) is 66.1 Å². The molecule has 0 unspecified atom stereocenters. The molecule has 0 aliphatic heterocycles. The third-order valence-electron chi connectivity index (χ3n) is 4.42. The number of nitrogen functional groups attached to an aromatic ring is 1. The van der Waals surface area contributed by atoms with Gasteiger partial charge in [0.2, 0.25) is 0 Å². The third kappa shape index (κ3) is 3.47. The minimum atomic E-state index is 0.386. The molecule has 1 fully saturated rings. The number of rotatable bonds is 3. The maximum Gasteiger partial charge on any atom is 0.0895 e. The van der Waals surface area contributed by atoms with Crippen molar-refractivity contribution in [2.24, 2.45) is 5.41 Å². The van der Waals surface area contributed by atoms with Crippen molar-refractivity contribution in [1.82, 2.24) is 4.98 Å². The van der Waals surface area contributed by atoms with Crippen LogP contribution in [0.2, 0.25) is 0 Å². The van der Waals surface area contributed by atoms with Crippen LogP contribution in [0.15, 0.2) is 6.20 Å². The molecule has 0 bridgehead atoms. The zero-order chi connectivity index (χ0) is 14.0. The van der Waals surface area contributed by atoms with Crippen LogP contribution in [0, 0.1) is 19.3 Å². The van der Waals surface area contributed by atoms with Gasteiger partial charge in [-0.15, -0.1) is 0 Å². The van der Waals surface area contributed by atoms with Crippen LogP contribution in [0.1, 0.15) is 56.4 Å². The summed E-state index contributed by atoms with van der Waals surface area (Å²) in [5, 5.41) is 0. The molecular formula is C16H26N2O. The monoisotopic (exact) mass is 262 g/mol. The molecule has 19 heavy (non-hydrogen) atoms. The van der Waals surface area contributed by atoms with Crippen molar-refractivity contribution in [3.05, 3.63) is 23.0 Å². The summed E-state index contributed by atoms with van der Waals surface area (Å²) in [7, 11) is 0. The van der Waals surface area contributed by atoms with Gasteiger partial charge < -0.3 is 10.5 Å². The molecule has 3 heteroatoms. The van der Waals surface area contributed by atoms with E-state index in [1.807, 2.05) is 20.0 Å². The van der Waals surface area contributed by atoms with Crippen molar-refractivity contribution in [1.29, 1.82) is 0 Å². The molecule has 0 spiro atoms. The average molecular weight is 262 g/mol. The first kappa shape index (κ1) is 14.3. The summed E-state index contributed by atoms with van der Waals surface area (Å²) in [4.78, 5) is 4.45. The molecule has 1 heterocycles. The van der Waals surface area contributed by atoms with Gasteiger partial charge in [-0.2, -0.15) is 0 Å². The Labute approximate surface area is 116 Å². The van der Waals surface area contributed by atoms with Gasteiger partial charge in [0, 0.05) is 11.9 Å². The van der Waals surface area contributed by atoms with Crippen LogP contribution in [0.5, 0.6) is 0 Å². The van der Waals surface area contributed by atoms with Gasteiger partial charge in [-0.05, 0) is 56.1 Å². The van der Waals surface area contributed by atoms with E-state index < -0.39 is 0 Å². The van der Waals surface area contributed by atoms with E-state index in [0.717, 1.165) is 35.3 Å². The largest absolute Gasteiger partial charge is 0.398 e. The zero-order valence-electron chi connectivity index (χ0n) is 12.6. The van der Waals surface area contributed by atoms with Crippen LogP contribution >= 0.6 is 0 Å². The number of pyridine rings is 1. The number of aryl methyl sites for hydroxylation is 1. The maximum absolute atomic E-state index is 6.03. The van der Waals surface area contributed by atoms with Crippen LogP contribution in [-0.2, 0) is 11.3 Å². The molecule has 1 aliphatic carbocycles. The predicted octanol–water partition coefficient (Wildman–Crippen LogP) is 3.77. The highest BCUT2D eigenvalue weighted by Gasteiger charge is 2.27. The minimum Gasteiger partial charge on any atom is -0.398 e. The van der Waals surface area contributed by atoms with E-state index in [0.29, 0.717) is 18.1 Å². The molecule has 0 atom stereocenters. The molecule has 2 N–H and O–H groups in total. The Morgan fingerprint density at radius 3 is 2.58 bits per heavy atom. The van der Waals surface area contributed by atoms with Gasteiger partial charge in [0.25, 0.3) is 0 Å². The first-order valence-electron chi connectivity index (χ1n) is 7.21. The van der Waals surface area contributed by atoms with Crippen molar-refractivity contribution < 1.29 is 4.74 Å². The summed E-state index contributed by atoms with van der Waals surface area (Å²) < 4.78 is 6.02. The Balaban J connectivity index is 1.92. The smallest absolute Gasteiger partial charge is 0.0895 e. The number of nitrogens with zero attached hydrogens (tertiary/aromatic N) is 1. The Bertz CT molecular complexity index is 444. The van der Waals surface area contributed by atoms with E-state index >= 15 is 0 Å². The Hall–Kier alpha value is -1.09. The van der Waals surface area contributed by atoms with Crippen molar-refractivity contribution >= 4 is 5.69 Å². The lowest BCUT2D eigenvalue weighted by atomic mass is 9.76. The molecule has 0 radical (unpaired) electrons. The van der Waals surface area contributed by atoms with Crippen LogP contribution in [0.3, 0.4) is 0 Å². The van der Waals surface area contributed by atoms with Crippen LogP contribution in [0.4, 0.5) is 5.69 Å². The second-order valence-electron chi connectivity index (χ2n) is 6.60. The zero-order valence-corrected chi connectivity index (χ0v) is 12.6. The number of ether oxygens (including phenoxy) is 1. The quantitative estimate of drug-likeness (QED) is 0.902. The topological polar surface area (TPSA) is 48.1 Å². The molecule has 3 nitrogen and oxygen atoms in total. The lowest BCUT2D eigenvalue weighted by Gasteiger charge is -2.34. The fourth-order valence-corrected chi connectivity index (χ4v) is 2.67. The normalized spacial score (nSPS) is 19.6. The number of aromatic nitrogens is 1. The summed E-state index contributed by atoms with van der Waals surface area (Å²) in [5.41, 5.74) is 10.5. The van der Waals surface area contributed by atoms with E-state index in [2.05, 4.69) is 18.8 Å². The summed E-state index contributed by atoms with van der Waals surface area (Å²) in [5.74, 6) is 0. The summed E-state index contributed by atoms with van der Waals surface area (Å²) in [6.45, 7) is 9.29. The summed E-state index contributed by atoms with van der Waals surface area (Å²) in [6.07, 6.45) is 7.04. The Kier molecular flexibility index (Phi) is 4.14. The number of nitrogens with two attached hydrogens (primary N) is 1. The second kappa shape index (κ2) is 5.49. The van der Waals surface area contributed by atoms with Gasteiger partial charge in [-0.1, -0.05) is 13.8 Å². The third-order valence-corrected chi connectivity index (χ3v) is 4.42. The highest BCUT2D eigenvalue weighted by Crippen LogP contribution is 2.36. The molecule has 106 valence electrons. The van der Waals surface area contributed by atoms with Gasteiger partial charge in [0.15, 0.2) is 0 Å². The fraction of sp³-hybridized carbons (Fsp3) is 0.688. The molecule has 0 saturated heterocycles. The molecule has 0 aromatic carbocycles. The molecule has 0 amide bonds. The lowest BCUT2D eigenvalue weighted by Crippen LogP contribution is -2.26.